The van der Waals surface area contributed by atoms with Gasteiger partial charge in [-0.2, -0.15) is 0 Å². The number of rotatable bonds is 4. The van der Waals surface area contributed by atoms with Crippen LogP contribution < -0.4 is 16.0 Å². The third kappa shape index (κ3) is 2.82. The van der Waals surface area contributed by atoms with Gasteiger partial charge in [0.2, 0.25) is 0 Å². The van der Waals surface area contributed by atoms with Crippen molar-refractivity contribution in [1.29, 1.82) is 0 Å². The molecule has 1 unspecified atom stereocenters. The largest absolute Gasteiger partial charge is 0.494 e. The van der Waals surface area contributed by atoms with Gasteiger partial charge in [-0.15, -0.1) is 0 Å². The highest BCUT2D eigenvalue weighted by Gasteiger charge is 2.24. The number of ether oxygens (including phenoxy) is 1. The van der Waals surface area contributed by atoms with Gasteiger partial charge in [-0.3, -0.25) is 11.3 Å². The SMILES string of the molecule is COc1ccc(C(NN)C2CCCCC2)cc1F. The van der Waals surface area contributed by atoms with E-state index in [2.05, 4.69) is 5.43 Å². The Bertz CT molecular complexity index is 391. The molecule has 3 N–H and O–H groups in total. The van der Waals surface area contributed by atoms with E-state index in [1.807, 2.05) is 6.07 Å². The second-order valence-electron chi connectivity index (χ2n) is 4.94. The maximum absolute atomic E-state index is 13.7. The van der Waals surface area contributed by atoms with Gasteiger partial charge in [-0.05, 0) is 36.5 Å². The first-order valence-corrected chi connectivity index (χ1v) is 6.56. The van der Waals surface area contributed by atoms with Gasteiger partial charge in [0.1, 0.15) is 0 Å². The molecule has 18 heavy (non-hydrogen) atoms. The lowest BCUT2D eigenvalue weighted by atomic mass is 9.81. The van der Waals surface area contributed by atoms with Crippen molar-refractivity contribution in [2.24, 2.45) is 11.8 Å². The lowest BCUT2D eigenvalue weighted by Crippen LogP contribution is -2.34. The van der Waals surface area contributed by atoms with Gasteiger partial charge in [-0.25, -0.2) is 4.39 Å². The average molecular weight is 252 g/mol. The molecule has 0 heterocycles. The third-order valence-corrected chi connectivity index (χ3v) is 3.84. The number of nitrogens with two attached hydrogens (primary N) is 1. The van der Waals surface area contributed by atoms with Crippen molar-refractivity contribution in [2.75, 3.05) is 7.11 Å². The fourth-order valence-corrected chi connectivity index (χ4v) is 2.85. The van der Waals surface area contributed by atoms with Gasteiger partial charge in [0, 0.05) is 6.04 Å². The summed E-state index contributed by atoms with van der Waals surface area (Å²) in [5, 5.41) is 0. The summed E-state index contributed by atoms with van der Waals surface area (Å²) in [7, 11) is 1.47. The number of hydrazine groups is 1. The van der Waals surface area contributed by atoms with E-state index in [9.17, 15) is 4.39 Å². The molecule has 100 valence electrons. The summed E-state index contributed by atoms with van der Waals surface area (Å²) in [5.74, 6) is 6.10. The van der Waals surface area contributed by atoms with Crippen molar-refractivity contribution in [1.82, 2.24) is 5.43 Å². The first kappa shape index (κ1) is 13.3. The molecule has 4 heteroatoms. The quantitative estimate of drug-likeness (QED) is 0.640. The molecule has 1 aromatic carbocycles. The highest BCUT2D eigenvalue weighted by Crippen LogP contribution is 2.35. The zero-order valence-electron chi connectivity index (χ0n) is 10.8. The second kappa shape index (κ2) is 6.16. The minimum Gasteiger partial charge on any atom is -0.494 e. The lowest BCUT2D eigenvalue weighted by molar-refractivity contribution is 0.272. The minimum absolute atomic E-state index is 0.0331. The van der Waals surface area contributed by atoms with E-state index in [0.29, 0.717) is 5.92 Å². The number of halogens is 1. The highest BCUT2D eigenvalue weighted by atomic mass is 19.1. The van der Waals surface area contributed by atoms with Gasteiger partial charge >= 0.3 is 0 Å². The van der Waals surface area contributed by atoms with Crippen LogP contribution in [-0.2, 0) is 0 Å². The van der Waals surface area contributed by atoms with Crippen LogP contribution in [0, 0.1) is 11.7 Å². The Hall–Kier alpha value is -1.13. The van der Waals surface area contributed by atoms with Crippen molar-refractivity contribution in [2.45, 2.75) is 38.1 Å². The maximum Gasteiger partial charge on any atom is 0.165 e. The Morgan fingerprint density at radius 3 is 2.61 bits per heavy atom. The normalized spacial score (nSPS) is 18.6. The summed E-state index contributed by atoms with van der Waals surface area (Å²) in [6, 6.07) is 5.11. The first-order chi connectivity index (χ1) is 8.76. The molecule has 1 atom stereocenters. The maximum atomic E-state index is 13.7. The van der Waals surface area contributed by atoms with Crippen molar-refractivity contribution in [3.8, 4) is 5.75 Å². The predicted molar refractivity (Wildman–Crippen MR) is 69.6 cm³/mol. The van der Waals surface area contributed by atoms with Crippen molar-refractivity contribution in [3.05, 3.63) is 29.6 Å². The molecular formula is C14H21FN2O. The molecule has 0 amide bonds. The third-order valence-electron chi connectivity index (χ3n) is 3.84. The van der Waals surface area contributed by atoms with E-state index >= 15 is 0 Å². The lowest BCUT2D eigenvalue weighted by Gasteiger charge is -2.30. The molecule has 0 aliphatic heterocycles. The molecule has 3 nitrogen and oxygen atoms in total. The molecule has 2 rings (SSSR count). The van der Waals surface area contributed by atoms with E-state index in [-0.39, 0.29) is 17.6 Å². The van der Waals surface area contributed by atoms with Gasteiger partial charge < -0.3 is 4.74 Å². The fourth-order valence-electron chi connectivity index (χ4n) is 2.85. The summed E-state index contributed by atoms with van der Waals surface area (Å²) in [6.45, 7) is 0. The Balaban J connectivity index is 2.18. The van der Waals surface area contributed by atoms with Crippen molar-refractivity contribution < 1.29 is 9.13 Å². The Morgan fingerprint density at radius 2 is 2.06 bits per heavy atom. The molecule has 0 bridgehead atoms. The minimum atomic E-state index is -0.328. The number of hydrogen-bond donors (Lipinski definition) is 2. The molecule has 1 saturated carbocycles. The number of benzene rings is 1. The van der Waals surface area contributed by atoms with Gasteiger partial charge in [-0.1, -0.05) is 25.3 Å². The van der Waals surface area contributed by atoms with Crippen LogP contribution in [0.4, 0.5) is 4.39 Å². The molecule has 1 aliphatic carbocycles. The van der Waals surface area contributed by atoms with Crippen LogP contribution in [0.3, 0.4) is 0 Å². The Morgan fingerprint density at radius 1 is 1.33 bits per heavy atom. The molecule has 0 aromatic heterocycles. The van der Waals surface area contributed by atoms with E-state index in [1.54, 1.807) is 6.07 Å². The average Bonchev–Trinajstić information content (AvgIpc) is 2.41. The molecule has 0 radical (unpaired) electrons. The molecule has 1 fully saturated rings. The highest BCUT2D eigenvalue weighted by molar-refractivity contribution is 5.31. The first-order valence-electron chi connectivity index (χ1n) is 6.56. The number of hydrogen-bond acceptors (Lipinski definition) is 3. The van der Waals surface area contributed by atoms with Crippen LogP contribution in [0.5, 0.6) is 5.75 Å². The van der Waals surface area contributed by atoms with Gasteiger partial charge in [0.05, 0.1) is 7.11 Å². The van der Waals surface area contributed by atoms with Crippen molar-refractivity contribution in [3.63, 3.8) is 0 Å². The fraction of sp³-hybridized carbons (Fsp3) is 0.571. The van der Waals surface area contributed by atoms with Crippen LogP contribution in [0.25, 0.3) is 0 Å². The van der Waals surface area contributed by atoms with Crippen LogP contribution in [0.1, 0.15) is 43.7 Å². The standard InChI is InChI=1S/C14H21FN2O/c1-18-13-8-7-11(9-12(13)15)14(17-16)10-5-3-2-4-6-10/h7-10,14,17H,2-6,16H2,1H3. The summed E-state index contributed by atoms with van der Waals surface area (Å²) in [5.41, 5.74) is 3.75. The van der Waals surface area contributed by atoms with E-state index < -0.39 is 0 Å². The summed E-state index contributed by atoms with van der Waals surface area (Å²) >= 11 is 0. The number of methoxy groups -OCH3 is 1. The molecule has 0 saturated heterocycles. The molecule has 1 aliphatic rings. The van der Waals surface area contributed by atoms with E-state index in [1.165, 1.54) is 32.4 Å². The smallest absolute Gasteiger partial charge is 0.165 e. The van der Waals surface area contributed by atoms with Gasteiger partial charge in [0.15, 0.2) is 11.6 Å². The van der Waals surface area contributed by atoms with Crippen LogP contribution in [0.15, 0.2) is 18.2 Å². The zero-order valence-corrected chi connectivity index (χ0v) is 10.8. The zero-order chi connectivity index (χ0) is 13.0. The topological polar surface area (TPSA) is 47.3 Å². The summed E-state index contributed by atoms with van der Waals surface area (Å²) in [6.07, 6.45) is 6.08. The predicted octanol–water partition coefficient (Wildman–Crippen LogP) is 2.92. The van der Waals surface area contributed by atoms with Crippen LogP contribution in [-0.4, -0.2) is 7.11 Å². The van der Waals surface area contributed by atoms with Gasteiger partial charge in [0.25, 0.3) is 0 Å². The second-order valence-corrected chi connectivity index (χ2v) is 4.94. The van der Waals surface area contributed by atoms with E-state index in [0.717, 1.165) is 18.4 Å². The Kier molecular flexibility index (Phi) is 4.55. The summed E-state index contributed by atoms with van der Waals surface area (Å²) < 4.78 is 18.7. The van der Waals surface area contributed by atoms with Crippen LogP contribution in [0.2, 0.25) is 0 Å². The van der Waals surface area contributed by atoms with Crippen LogP contribution >= 0.6 is 0 Å². The molecule has 1 aromatic rings. The molecule has 0 spiro atoms. The molecular weight excluding hydrogens is 231 g/mol. The Labute approximate surface area is 107 Å². The van der Waals surface area contributed by atoms with Crippen molar-refractivity contribution >= 4 is 0 Å². The monoisotopic (exact) mass is 252 g/mol. The summed E-state index contributed by atoms with van der Waals surface area (Å²) in [4.78, 5) is 0. The number of nitrogens with one attached hydrogen (secondary N) is 1. The van der Waals surface area contributed by atoms with E-state index in [4.69, 9.17) is 10.6 Å².